The molecule has 0 aromatic carbocycles. The summed E-state index contributed by atoms with van der Waals surface area (Å²) >= 11 is 0. The summed E-state index contributed by atoms with van der Waals surface area (Å²) in [6, 6.07) is 1.94. The number of aromatic nitrogens is 2. The van der Waals surface area contributed by atoms with Crippen LogP contribution in [0.15, 0.2) is 12.3 Å². The van der Waals surface area contributed by atoms with Crippen molar-refractivity contribution >= 4 is 5.97 Å². The van der Waals surface area contributed by atoms with Gasteiger partial charge in [0.05, 0.1) is 7.11 Å². The predicted molar refractivity (Wildman–Crippen MR) is 48.2 cm³/mol. The van der Waals surface area contributed by atoms with Crippen molar-refractivity contribution in [2.45, 2.75) is 26.3 Å². The number of carbonyl (C=O) groups excluding carboxylic acids is 1. The largest absolute Gasteiger partial charge is 0.469 e. The molecule has 0 saturated carbocycles. The molecular formula is C9H14N2O2. The number of ether oxygens (including phenoxy) is 1. The molecule has 0 fully saturated rings. The number of carbonyl (C=O) groups is 1. The Balaban J connectivity index is 2.28. The Morgan fingerprint density at radius 1 is 1.69 bits per heavy atom. The van der Waals surface area contributed by atoms with Crippen LogP contribution in [0.5, 0.6) is 0 Å². The van der Waals surface area contributed by atoms with Crippen molar-refractivity contribution in [3.8, 4) is 0 Å². The molecule has 0 bridgehead atoms. The summed E-state index contributed by atoms with van der Waals surface area (Å²) in [5.74, 6) is -0.162. The van der Waals surface area contributed by atoms with Crippen LogP contribution in [0.25, 0.3) is 0 Å². The van der Waals surface area contributed by atoms with Crippen molar-refractivity contribution in [2.24, 2.45) is 0 Å². The van der Waals surface area contributed by atoms with E-state index in [1.165, 1.54) is 7.11 Å². The Morgan fingerprint density at radius 2 is 2.46 bits per heavy atom. The summed E-state index contributed by atoms with van der Waals surface area (Å²) < 4.78 is 6.41. The van der Waals surface area contributed by atoms with Crippen LogP contribution in [0, 0.1) is 6.92 Å². The monoisotopic (exact) mass is 182 g/mol. The number of hydrogen-bond donors (Lipinski definition) is 0. The third-order valence-corrected chi connectivity index (χ3v) is 1.91. The summed E-state index contributed by atoms with van der Waals surface area (Å²) in [5, 5.41) is 4.10. The van der Waals surface area contributed by atoms with E-state index in [1.54, 1.807) is 6.20 Å². The van der Waals surface area contributed by atoms with Gasteiger partial charge < -0.3 is 4.74 Å². The van der Waals surface area contributed by atoms with E-state index >= 15 is 0 Å². The molecule has 0 aliphatic rings. The summed E-state index contributed by atoms with van der Waals surface area (Å²) in [7, 11) is 1.40. The summed E-state index contributed by atoms with van der Waals surface area (Å²) in [6.45, 7) is 2.76. The van der Waals surface area contributed by atoms with Gasteiger partial charge in [0.2, 0.25) is 0 Å². The second-order valence-electron chi connectivity index (χ2n) is 2.88. The Morgan fingerprint density at radius 3 is 3.00 bits per heavy atom. The second-order valence-corrected chi connectivity index (χ2v) is 2.88. The van der Waals surface area contributed by atoms with Gasteiger partial charge in [-0.1, -0.05) is 0 Å². The second kappa shape index (κ2) is 4.64. The maximum absolute atomic E-state index is 10.8. The molecule has 4 heteroatoms. The third kappa shape index (κ3) is 2.89. The van der Waals surface area contributed by atoms with Crippen molar-refractivity contribution in [2.75, 3.05) is 7.11 Å². The highest BCUT2D eigenvalue weighted by Gasteiger charge is 2.01. The van der Waals surface area contributed by atoms with E-state index in [-0.39, 0.29) is 5.97 Å². The molecule has 1 rings (SSSR count). The van der Waals surface area contributed by atoms with Crippen molar-refractivity contribution in [1.29, 1.82) is 0 Å². The lowest BCUT2D eigenvalue weighted by atomic mass is 10.3. The molecule has 0 N–H and O–H groups in total. The zero-order valence-corrected chi connectivity index (χ0v) is 7.99. The molecule has 0 aliphatic heterocycles. The van der Waals surface area contributed by atoms with Crippen LogP contribution in [-0.4, -0.2) is 22.9 Å². The first kappa shape index (κ1) is 9.77. The first-order valence-electron chi connectivity index (χ1n) is 4.29. The molecule has 4 nitrogen and oxygen atoms in total. The molecule has 0 atom stereocenters. The van der Waals surface area contributed by atoms with E-state index in [9.17, 15) is 4.79 Å². The van der Waals surface area contributed by atoms with E-state index in [4.69, 9.17) is 0 Å². The van der Waals surface area contributed by atoms with Crippen LogP contribution in [0.2, 0.25) is 0 Å². The van der Waals surface area contributed by atoms with E-state index in [2.05, 4.69) is 9.84 Å². The highest BCUT2D eigenvalue weighted by Crippen LogP contribution is 2.00. The van der Waals surface area contributed by atoms with E-state index in [0.717, 1.165) is 18.7 Å². The highest BCUT2D eigenvalue weighted by molar-refractivity contribution is 5.68. The standard InChI is InChI=1S/C9H14N2O2/c1-8-5-6-10-11(8)7-3-4-9(12)13-2/h5-6H,3-4,7H2,1-2H3. The van der Waals surface area contributed by atoms with Gasteiger partial charge in [0, 0.05) is 24.9 Å². The Kier molecular flexibility index (Phi) is 3.49. The minimum absolute atomic E-state index is 0.162. The average Bonchev–Trinajstić information content (AvgIpc) is 2.52. The van der Waals surface area contributed by atoms with Gasteiger partial charge >= 0.3 is 5.97 Å². The van der Waals surface area contributed by atoms with Gasteiger partial charge in [0.15, 0.2) is 0 Å². The van der Waals surface area contributed by atoms with Crippen LogP contribution in [0.4, 0.5) is 0 Å². The fraction of sp³-hybridized carbons (Fsp3) is 0.556. The number of esters is 1. The molecule has 1 aromatic rings. The van der Waals surface area contributed by atoms with Crippen LogP contribution in [0.3, 0.4) is 0 Å². The summed E-state index contributed by atoms with van der Waals surface area (Å²) in [5.41, 5.74) is 1.12. The lowest BCUT2D eigenvalue weighted by molar-refractivity contribution is -0.140. The Bertz CT molecular complexity index is 281. The normalized spacial score (nSPS) is 10.0. The number of hydrogen-bond acceptors (Lipinski definition) is 3. The zero-order valence-electron chi connectivity index (χ0n) is 7.99. The lowest BCUT2D eigenvalue weighted by Crippen LogP contribution is -2.06. The zero-order chi connectivity index (χ0) is 9.68. The maximum atomic E-state index is 10.8. The summed E-state index contributed by atoms with van der Waals surface area (Å²) in [4.78, 5) is 10.8. The van der Waals surface area contributed by atoms with Crippen LogP contribution < -0.4 is 0 Å². The molecule has 0 amide bonds. The molecule has 0 radical (unpaired) electrons. The van der Waals surface area contributed by atoms with E-state index in [1.807, 2.05) is 17.7 Å². The van der Waals surface area contributed by atoms with Crippen molar-refractivity contribution < 1.29 is 9.53 Å². The minimum atomic E-state index is -0.162. The molecule has 0 aliphatic carbocycles. The lowest BCUT2D eigenvalue weighted by Gasteiger charge is -2.02. The molecule has 1 heterocycles. The van der Waals surface area contributed by atoms with Gasteiger partial charge in [0.25, 0.3) is 0 Å². The SMILES string of the molecule is COC(=O)CCCn1nccc1C. The van der Waals surface area contributed by atoms with Gasteiger partial charge in [0.1, 0.15) is 0 Å². The molecule has 0 unspecified atom stereocenters. The molecule has 1 aromatic heterocycles. The van der Waals surface area contributed by atoms with Gasteiger partial charge in [-0.25, -0.2) is 0 Å². The fourth-order valence-electron chi connectivity index (χ4n) is 1.11. The Hall–Kier alpha value is -1.32. The quantitative estimate of drug-likeness (QED) is 0.656. The predicted octanol–water partition coefficient (Wildman–Crippen LogP) is 1.14. The number of aryl methyl sites for hydroxylation is 2. The summed E-state index contributed by atoms with van der Waals surface area (Å²) in [6.07, 6.45) is 2.98. The van der Waals surface area contributed by atoms with Gasteiger partial charge in [-0.15, -0.1) is 0 Å². The number of rotatable bonds is 4. The van der Waals surface area contributed by atoms with Gasteiger partial charge in [-0.3, -0.25) is 9.48 Å². The van der Waals surface area contributed by atoms with Crippen LogP contribution in [0.1, 0.15) is 18.5 Å². The van der Waals surface area contributed by atoms with Crippen molar-refractivity contribution in [3.05, 3.63) is 18.0 Å². The molecule has 13 heavy (non-hydrogen) atoms. The van der Waals surface area contributed by atoms with E-state index < -0.39 is 0 Å². The van der Waals surface area contributed by atoms with Crippen molar-refractivity contribution in [3.63, 3.8) is 0 Å². The molecule has 0 spiro atoms. The van der Waals surface area contributed by atoms with Crippen LogP contribution >= 0.6 is 0 Å². The molecule has 72 valence electrons. The first-order valence-corrected chi connectivity index (χ1v) is 4.29. The third-order valence-electron chi connectivity index (χ3n) is 1.91. The van der Waals surface area contributed by atoms with Crippen LogP contribution in [-0.2, 0) is 16.1 Å². The van der Waals surface area contributed by atoms with Gasteiger partial charge in [-0.2, -0.15) is 5.10 Å². The molecule has 0 saturated heterocycles. The maximum Gasteiger partial charge on any atom is 0.305 e. The smallest absolute Gasteiger partial charge is 0.305 e. The number of nitrogens with zero attached hydrogens (tertiary/aromatic N) is 2. The fourth-order valence-corrected chi connectivity index (χ4v) is 1.11. The minimum Gasteiger partial charge on any atom is -0.469 e. The van der Waals surface area contributed by atoms with Crippen molar-refractivity contribution in [1.82, 2.24) is 9.78 Å². The molecular weight excluding hydrogens is 168 g/mol. The Labute approximate surface area is 77.5 Å². The highest BCUT2D eigenvalue weighted by atomic mass is 16.5. The van der Waals surface area contributed by atoms with E-state index in [0.29, 0.717) is 6.42 Å². The topological polar surface area (TPSA) is 44.1 Å². The average molecular weight is 182 g/mol. The number of methoxy groups -OCH3 is 1. The van der Waals surface area contributed by atoms with Gasteiger partial charge in [-0.05, 0) is 19.4 Å². The first-order chi connectivity index (χ1) is 6.24.